The number of carbonyl (C=O) groups is 2. The van der Waals surface area contributed by atoms with Gasteiger partial charge in [0.1, 0.15) is 11.4 Å². The molecule has 2 rings (SSSR count). The molecule has 1 aliphatic heterocycles. The van der Waals surface area contributed by atoms with Crippen LogP contribution in [0.5, 0.6) is 5.75 Å². The van der Waals surface area contributed by atoms with Crippen molar-refractivity contribution in [1.29, 1.82) is 0 Å². The Hall–Kier alpha value is -2.61. The van der Waals surface area contributed by atoms with E-state index in [1.54, 1.807) is 18.1 Å². The van der Waals surface area contributed by atoms with Crippen LogP contribution in [0.2, 0.25) is 0 Å². The van der Waals surface area contributed by atoms with E-state index in [1.165, 1.54) is 6.08 Å². The highest BCUT2D eigenvalue weighted by Gasteiger charge is 2.26. The van der Waals surface area contributed by atoms with Gasteiger partial charge in [0, 0.05) is 32.3 Å². The van der Waals surface area contributed by atoms with Crippen LogP contribution in [0.25, 0.3) is 6.08 Å². The van der Waals surface area contributed by atoms with Crippen LogP contribution in [0.15, 0.2) is 30.3 Å². The topological polar surface area (TPSA) is 71.1 Å². The summed E-state index contributed by atoms with van der Waals surface area (Å²) in [5.41, 5.74) is 0.362. The van der Waals surface area contributed by atoms with Crippen molar-refractivity contribution >= 4 is 35.4 Å². The quantitative estimate of drug-likeness (QED) is 0.616. The van der Waals surface area contributed by atoms with Gasteiger partial charge in [0.2, 0.25) is 5.91 Å². The summed E-state index contributed by atoms with van der Waals surface area (Å²) >= 11 is 5.31. The molecule has 1 saturated heterocycles. The van der Waals surface area contributed by atoms with Crippen molar-refractivity contribution in [2.24, 2.45) is 0 Å². The van der Waals surface area contributed by atoms with Crippen molar-refractivity contribution in [3.63, 3.8) is 0 Å². The van der Waals surface area contributed by atoms with Gasteiger partial charge in [-0.2, -0.15) is 0 Å². The van der Waals surface area contributed by atoms with E-state index in [0.717, 1.165) is 11.3 Å². The van der Waals surface area contributed by atoms with Gasteiger partial charge in [-0.3, -0.25) is 10.1 Å². The number of nitrogens with one attached hydrogen (secondary N) is 1. The van der Waals surface area contributed by atoms with Crippen LogP contribution in [0, 0.1) is 0 Å². The number of carbonyl (C=O) groups excluding carboxylic acids is 2. The maximum absolute atomic E-state index is 12.1. The number of hydrogen-bond donors (Lipinski definition) is 1. The van der Waals surface area contributed by atoms with Gasteiger partial charge in [-0.05, 0) is 56.8 Å². The Kier molecular flexibility index (Phi) is 7.39. The van der Waals surface area contributed by atoms with E-state index >= 15 is 0 Å². The zero-order valence-corrected chi connectivity index (χ0v) is 17.5. The highest BCUT2D eigenvalue weighted by atomic mass is 32.1. The fraction of sp³-hybridized carbons (Fsp3) is 0.450. The molecule has 0 unspecified atom stereocenters. The van der Waals surface area contributed by atoms with E-state index in [0.29, 0.717) is 31.3 Å². The lowest BCUT2D eigenvalue weighted by molar-refractivity contribution is -0.115. The normalized spacial score (nSPS) is 14.7. The first-order chi connectivity index (χ1) is 13.2. The third-order valence-corrected chi connectivity index (χ3v) is 4.35. The van der Waals surface area contributed by atoms with Crippen LogP contribution in [-0.4, -0.2) is 65.8 Å². The molecule has 0 aliphatic carbocycles. The predicted molar refractivity (Wildman–Crippen MR) is 112 cm³/mol. The molecule has 8 heteroatoms. The molecule has 1 fully saturated rings. The van der Waals surface area contributed by atoms with Gasteiger partial charge in [0.25, 0.3) is 0 Å². The highest BCUT2D eigenvalue weighted by molar-refractivity contribution is 7.80. The summed E-state index contributed by atoms with van der Waals surface area (Å²) in [5, 5.41) is 3.05. The molecule has 0 aromatic heterocycles. The average Bonchev–Trinajstić information content (AvgIpc) is 2.65. The number of piperazine rings is 1. The molecular formula is C20H27N3O4S. The standard InChI is InChI=1S/C20H27N3O4S/c1-20(2,3)27-19(25)23-13-11-22(12-14-23)18(28)21-17(24)10-7-15-5-8-16(26-4)9-6-15/h5-10H,11-14H2,1-4H3,(H,21,24,28). The fourth-order valence-electron chi connectivity index (χ4n) is 2.53. The monoisotopic (exact) mass is 405 g/mol. The lowest BCUT2D eigenvalue weighted by atomic mass is 10.2. The van der Waals surface area contributed by atoms with Crippen LogP contribution in [0.4, 0.5) is 4.79 Å². The average molecular weight is 406 g/mol. The van der Waals surface area contributed by atoms with E-state index in [-0.39, 0.29) is 12.0 Å². The summed E-state index contributed by atoms with van der Waals surface area (Å²) in [6.07, 6.45) is 2.81. The van der Waals surface area contributed by atoms with E-state index in [2.05, 4.69) is 5.32 Å². The van der Waals surface area contributed by atoms with Crippen LogP contribution < -0.4 is 10.1 Å². The molecule has 28 heavy (non-hydrogen) atoms. The maximum atomic E-state index is 12.1. The van der Waals surface area contributed by atoms with Crippen LogP contribution in [0.1, 0.15) is 26.3 Å². The number of nitrogens with zero attached hydrogens (tertiary/aromatic N) is 2. The summed E-state index contributed by atoms with van der Waals surface area (Å²) in [4.78, 5) is 27.7. The van der Waals surface area contributed by atoms with Crippen LogP contribution in [-0.2, 0) is 9.53 Å². The number of methoxy groups -OCH3 is 1. The molecule has 1 aliphatic rings. The van der Waals surface area contributed by atoms with Crippen molar-refractivity contribution in [2.45, 2.75) is 26.4 Å². The molecule has 0 saturated carbocycles. The minimum absolute atomic E-state index is 0.296. The second-order valence-corrected chi connectivity index (χ2v) is 7.74. The van der Waals surface area contributed by atoms with E-state index < -0.39 is 5.60 Å². The van der Waals surface area contributed by atoms with Gasteiger partial charge in [-0.1, -0.05) is 12.1 Å². The summed E-state index contributed by atoms with van der Waals surface area (Å²) < 4.78 is 10.5. The SMILES string of the molecule is COc1ccc(C=CC(=O)NC(=S)N2CCN(C(=O)OC(C)(C)C)CC2)cc1. The smallest absolute Gasteiger partial charge is 0.410 e. The number of hydrogen-bond acceptors (Lipinski definition) is 5. The molecule has 1 aromatic rings. The summed E-state index contributed by atoms with van der Waals surface area (Å²) in [5.74, 6) is 0.462. The summed E-state index contributed by atoms with van der Waals surface area (Å²) in [6.45, 7) is 7.59. The Morgan fingerprint density at radius 2 is 1.64 bits per heavy atom. The molecule has 7 nitrogen and oxygen atoms in total. The number of thiocarbonyl (C=S) groups is 1. The van der Waals surface area contributed by atoms with Gasteiger partial charge in [-0.25, -0.2) is 4.79 Å². The molecule has 1 N–H and O–H groups in total. The predicted octanol–water partition coefficient (Wildman–Crippen LogP) is 2.66. The van der Waals surface area contributed by atoms with E-state index in [1.807, 2.05) is 49.9 Å². The molecule has 0 atom stereocenters. The first-order valence-electron chi connectivity index (χ1n) is 9.08. The largest absolute Gasteiger partial charge is 0.497 e. The van der Waals surface area contributed by atoms with Crippen molar-refractivity contribution in [2.75, 3.05) is 33.3 Å². The number of amides is 2. The molecular weight excluding hydrogens is 378 g/mol. The third-order valence-electron chi connectivity index (χ3n) is 3.99. The highest BCUT2D eigenvalue weighted by Crippen LogP contribution is 2.13. The molecule has 1 heterocycles. The minimum Gasteiger partial charge on any atom is -0.497 e. The molecule has 0 radical (unpaired) electrons. The zero-order chi connectivity index (χ0) is 20.7. The lowest BCUT2D eigenvalue weighted by Gasteiger charge is -2.36. The van der Waals surface area contributed by atoms with E-state index in [9.17, 15) is 9.59 Å². The Morgan fingerprint density at radius 1 is 1.07 bits per heavy atom. The molecule has 0 bridgehead atoms. The Morgan fingerprint density at radius 3 is 2.18 bits per heavy atom. The van der Waals surface area contributed by atoms with Crippen molar-refractivity contribution in [3.8, 4) is 5.75 Å². The first kappa shape index (κ1) is 21.7. The molecule has 152 valence electrons. The van der Waals surface area contributed by atoms with E-state index in [4.69, 9.17) is 21.7 Å². The summed E-state index contributed by atoms with van der Waals surface area (Å²) in [6, 6.07) is 7.37. The number of ether oxygens (including phenoxy) is 2. The second kappa shape index (κ2) is 9.54. The van der Waals surface area contributed by atoms with Gasteiger partial charge < -0.3 is 19.3 Å². The molecule has 0 spiro atoms. The number of rotatable bonds is 3. The second-order valence-electron chi connectivity index (χ2n) is 7.36. The van der Waals surface area contributed by atoms with Gasteiger partial charge in [-0.15, -0.1) is 0 Å². The molecule has 1 aromatic carbocycles. The van der Waals surface area contributed by atoms with Crippen molar-refractivity contribution in [3.05, 3.63) is 35.9 Å². The zero-order valence-electron chi connectivity index (χ0n) is 16.7. The first-order valence-corrected chi connectivity index (χ1v) is 9.49. The fourth-order valence-corrected chi connectivity index (χ4v) is 2.81. The van der Waals surface area contributed by atoms with Crippen molar-refractivity contribution in [1.82, 2.24) is 15.1 Å². The maximum Gasteiger partial charge on any atom is 0.410 e. The van der Waals surface area contributed by atoms with Crippen LogP contribution >= 0.6 is 12.2 Å². The van der Waals surface area contributed by atoms with Crippen molar-refractivity contribution < 1.29 is 19.1 Å². The molecule has 2 amide bonds. The Bertz CT molecular complexity index is 733. The van der Waals surface area contributed by atoms with Gasteiger partial charge in [0.15, 0.2) is 5.11 Å². The Balaban J connectivity index is 1.79. The third kappa shape index (κ3) is 6.84. The lowest BCUT2D eigenvalue weighted by Crippen LogP contribution is -2.54. The van der Waals surface area contributed by atoms with Gasteiger partial charge >= 0.3 is 6.09 Å². The minimum atomic E-state index is -0.520. The Labute approximate surface area is 171 Å². The summed E-state index contributed by atoms with van der Waals surface area (Å²) in [7, 11) is 1.60. The van der Waals surface area contributed by atoms with Crippen LogP contribution in [0.3, 0.4) is 0 Å². The van der Waals surface area contributed by atoms with Gasteiger partial charge in [0.05, 0.1) is 7.11 Å². The number of benzene rings is 1.